The molecule has 0 amide bonds. The van der Waals surface area contributed by atoms with Crippen LogP contribution in [0.25, 0.3) is 0 Å². The fraction of sp³-hybridized carbons (Fsp3) is 0.265. The predicted molar refractivity (Wildman–Crippen MR) is 238 cm³/mol. The number of ether oxygens (including phenoxy) is 2. The Balaban J connectivity index is 1.06. The van der Waals surface area contributed by atoms with E-state index in [1.165, 1.54) is 6.07 Å². The van der Waals surface area contributed by atoms with Crippen molar-refractivity contribution in [2.24, 2.45) is 10.8 Å². The van der Waals surface area contributed by atoms with E-state index in [0.717, 1.165) is 0 Å². The molecule has 12 heteroatoms. The van der Waals surface area contributed by atoms with Crippen LogP contribution in [0.2, 0.25) is 10.0 Å². The molecule has 61 heavy (non-hydrogen) atoms. The number of ketones is 2. The Hall–Kier alpha value is -5.97. The second-order valence-electron chi connectivity index (χ2n) is 17.8. The van der Waals surface area contributed by atoms with Gasteiger partial charge in [-0.1, -0.05) is 93.4 Å². The van der Waals surface area contributed by atoms with Gasteiger partial charge >= 0.3 is 0 Å². The summed E-state index contributed by atoms with van der Waals surface area (Å²) in [6.07, 6.45) is 1.75. The lowest BCUT2D eigenvalue weighted by molar-refractivity contribution is -0.119. The normalized spacial score (nSPS) is 20.0. The van der Waals surface area contributed by atoms with Gasteiger partial charge in [0.25, 0.3) is 0 Å². The Kier molecular flexibility index (Phi) is 10.3. The summed E-state index contributed by atoms with van der Waals surface area (Å²) in [6, 6.07) is 26.8. The van der Waals surface area contributed by atoms with E-state index >= 15 is 4.39 Å². The van der Waals surface area contributed by atoms with Crippen LogP contribution in [-0.4, -0.2) is 16.7 Å². The molecule has 0 fully saturated rings. The van der Waals surface area contributed by atoms with Gasteiger partial charge in [0.15, 0.2) is 17.3 Å². The van der Waals surface area contributed by atoms with Crippen LogP contribution in [0.3, 0.4) is 0 Å². The number of rotatable bonds is 7. The van der Waals surface area contributed by atoms with Crippen LogP contribution in [0.4, 0.5) is 27.1 Å². The Morgan fingerprint density at radius 3 is 1.93 bits per heavy atom. The SMILES string of the molecule is CC1(C)CC(=O)C2=C(C1)Nc1c(cccc1Oc1cc(Cl)c(C3Nc4cccc(O)c4NC4=C3C(=O)CC(C)(C)C4)cc1Cl)NC2c1ccc(COc2ccccc2)cc1F. The minimum atomic E-state index is -0.801. The smallest absolute Gasteiger partial charge is 0.163 e. The number of hydrogen-bond donors (Lipinski definition) is 5. The molecule has 0 saturated carbocycles. The van der Waals surface area contributed by atoms with Gasteiger partial charge in [-0.3, -0.25) is 9.59 Å². The standard InChI is InChI=1S/C49H45Cl2FN4O5/c1-48(2)21-35-43(39(59)24-48)45(53-33-12-8-14-37(57)46(33)55-35)29-19-31(51)41(20-30(29)50)61-40-15-9-13-34-47(40)56-36-22-49(3,4)23-38(58)42(36)44(54-34)28-17-16-26(18-32(28)52)25-60-27-10-6-5-7-11-27/h5-20,44-45,53-57H,21-25H2,1-4H3. The molecule has 5 aromatic carbocycles. The number of carbonyl (C=O) groups is 2. The number of phenolic OH excluding ortho intramolecular Hbond substituents is 1. The molecule has 2 unspecified atom stereocenters. The van der Waals surface area contributed by atoms with Crippen molar-refractivity contribution >= 4 is 57.5 Å². The topological polar surface area (TPSA) is 121 Å². The summed E-state index contributed by atoms with van der Waals surface area (Å²) in [5, 5.41) is 25.2. The molecule has 4 aliphatic rings. The molecule has 2 aliphatic carbocycles. The second kappa shape index (κ2) is 15.5. The summed E-state index contributed by atoms with van der Waals surface area (Å²) in [7, 11) is 0. The van der Waals surface area contributed by atoms with Gasteiger partial charge in [0.1, 0.15) is 41.0 Å². The first-order valence-corrected chi connectivity index (χ1v) is 21.1. The highest BCUT2D eigenvalue weighted by atomic mass is 35.5. The van der Waals surface area contributed by atoms with E-state index in [0.29, 0.717) is 104 Å². The van der Waals surface area contributed by atoms with Crippen LogP contribution in [-0.2, 0) is 16.2 Å². The van der Waals surface area contributed by atoms with Crippen molar-refractivity contribution in [2.75, 3.05) is 21.3 Å². The maximum absolute atomic E-state index is 16.2. The fourth-order valence-corrected chi connectivity index (χ4v) is 9.46. The van der Waals surface area contributed by atoms with E-state index < -0.39 is 17.9 Å². The van der Waals surface area contributed by atoms with E-state index in [1.807, 2.05) is 76.2 Å². The zero-order valence-corrected chi connectivity index (χ0v) is 35.7. The van der Waals surface area contributed by atoms with Crippen molar-refractivity contribution < 1.29 is 28.6 Å². The number of benzene rings is 5. The molecule has 0 radical (unpaired) electrons. The van der Waals surface area contributed by atoms with Gasteiger partial charge < -0.3 is 35.8 Å². The van der Waals surface area contributed by atoms with E-state index in [2.05, 4.69) is 21.3 Å². The van der Waals surface area contributed by atoms with Gasteiger partial charge in [-0.2, -0.15) is 0 Å². The Morgan fingerprint density at radius 1 is 0.672 bits per heavy atom. The van der Waals surface area contributed by atoms with Crippen LogP contribution in [0.15, 0.2) is 120 Å². The van der Waals surface area contributed by atoms with Gasteiger partial charge in [-0.25, -0.2) is 4.39 Å². The number of aromatic hydroxyl groups is 1. The van der Waals surface area contributed by atoms with Crippen LogP contribution in [0.5, 0.6) is 23.0 Å². The molecule has 2 heterocycles. The Bertz CT molecular complexity index is 2700. The summed E-state index contributed by atoms with van der Waals surface area (Å²) < 4.78 is 28.7. The highest BCUT2D eigenvalue weighted by molar-refractivity contribution is 6.35. The molecule has 2 aliphatic heterocycles. The summed E-state index contributed by atoms with van der Waals surface area (Å²) in [5.41, 5.74) is 5.48. The van der Waals surface area contributed by atoms with E-state index in [4.69, 9.17) is 32.7 Å². The first-order valence-electron chi connectivity index (χ1n) is 20.3. The lowest BCUT2D eigenvalue weighted by Crippen LogP contribution is -2.31. The first kappa shape index (κ1) is 40.4. The Morgan fingerprint density at radius 2 is 1.28 bits per heavy atom. The zero-order valence-electron chi connectivity index (χ0n) is 34.1. The number of fused-ring (bicyclic) bond motifs is 2. The molecule has 0 aromatic heterocycles. The molecule has 0 spiro atoms. The molecule has 0 bridgehead atoms. The van der Waals surface area contributed by atoms with Crippen LogP contribution >= 0.6 is 23.2 Å². The molecule has 312 valence electrons. The van der Waals surface area contributed by atoms with Crippen LogP contribution in [0.1, 0.15) is 82.2 Å². The summed E-state index contributed by atoms with van der Waals surface area (Å²) in [5.74, 6) is 0.807. The molecular weight excluding hydrogens is 814 g/mol. The third-order valence-electron chi connectivity index (χ3n) is 11.7. The van der Waals surface area contributed by atoms with Crippen molar-refractivity contribution in [1.82, 2.24) is 0 Å². The lowest BCUT2D eigenvalue weighted by atomic mass is 9.73. The van der Waals surface area contributed by atoms with Gasteiger partial charge in [0, 0.05) is 52.0 Å². The van der Waals surface area contributed by atoms with Crippen molar-refractivity contribution in [3.63, 3.8) is 0 Å². The van der Waals surface area contributed by atoms with Crippen molar-refractivity contribution in [3.8, 4) is 23.0 Å². The minimum Gasteiger partial charge on any atom is -0.506 e. The monoisotopic (exact) mass is 858 g/mol. The maximum atomic E-state index is 16.2. The van der Waals surface area contributed by atoms with Crippen molar-refractivity contribution in [3.05, 3.63) is 152 Å². The number of allylic oxidation sites excluding steroid dienone is 2. The van der Waals surface area contributed by atoms with E-state index in [-0.39, 0.29) is 45.5 Å². The van der Waals surface area contributed by atoms with Crippen LogP contribution < -0.4 is 30.7 Å². The highest BCUT2D eigenvalue weighted by Crippen LogP contribution is 2.52. The number of hydrogen-bond acceptors (Lipinski definition) is 9. The quantitative estimate of drug-likeness (QED) is 0.102. The molecule has 9 nitrogen and oxygen atoms in total. The number of carbonyl (C=O) groups excluding carboxylic acids is 2. The van der Waals surface area contributed by atoms with Gasteiger partial charge in [0.2, 0.25) is 0 Å². The third kappa shape index (κ3) is 7.90. The average molecular weight is 860 g/mol. The molecular formula is C49H45Cl2FN4O5. The zero-order chi connectivity index (χ0) is 42.8. The van der Waals surface area contributed by atoms with Gasteiger partial charge in [0.05, 0.1) is 28.5 Å². The van der Waals surface area contributed by atoms with Gasteiger partial charge in [-0.15, -0.1) is 0 Å². The highest BCUT2D eigenvalue weighted by Gasteiger charge is 2.42. The maximum Gasteiger partial charge on any atom is 0.163 e. The van der Waals surface area contributed by atoms with Gasteiger partial charge in [-0.05, 0) is 83.3 Å². The first-order chi connectivity index (χ1) is 29.1. The fourth-order valence-electron chi connectivity index (χ4n) is 8.98. The number of Topliss-reactive ketones (excluding diaryl/α,β-unsaturated/α-hetero) is 2. The lowest BCUT2D eigenvalue weighted by Gasteiger charge is -2.34. The minimum absolute atomic E-state index is 0.0362. The number of nitrogens with one attached hydrogen (secondary N) is 4. The van der Waals surface area contributed by atoms with E-state index in [1.54, 1.807) is 42.5 Å². The predicted octanol–water partition coefficient (Wildman–Crippen LogP) is 12.7. The summed E-state index contributed by atoms with van der Waals surface area (Å²) in [4.78, 5) is 28.0. The van der Waals surface area contributed by atoms with Crippen molar-refractivity contribution in [1.29, 1.82) is 0 Å². The number of para-hydroxylation sites is 3. The molecule has 2 atom stereocenters. The Labute approximate surface area is 364 Å². The molecule has 5 aromatic rings. The largest absolute Gasteiger partial charge is 0.506 e. The van der Waals surface area contributed by atoms with E-state index in [9.17, 15) is 14.7 Å². The number of anilines is 4. The van der Waals surface area contributed by atoms with Crippen molar-refractivity contribution in [2.45, 2.75) is 72.1 Å². The molecule has 5 N–H and O–H groups in total. The van der Waals surface area contributed by atoms with Crippen LogP contribution in [0, 0.1) is 16.6 Å². The molecule has 9 rings (SSSR count). The number of phenols is 1. The summed E-state index contributed by atoms with van der Waals surface area (Å²) in [6.45, 7) is 8.36. The molecule has 0 saturated heterocycles. The summed E-state index contributed by atoms with van der Waals surface area (Å²) >= 11 is 14.2. The second-order valence-corrected chi connectivity index (χ2v) is 18.6. The third-order valence-corrected chi connectivity index (χ3v) is 12.4. The number of halogens is 3. The average Bonchev–Trinajstić information content (AvgIpc) is 3.47.